The van der Waals surface area contributed by atoms with Crippen LogP contribution in [0, 0.1) is 0 Å². The van der Waals surface area contributed by atoms with E-state index >= 15 is 0 Å². The first kappa shape index (κ1) is 14.6. The standard InChI is InChI=1S/C11H8Cl2N2O2S2/c12-7-2-1-3-8(13)11(7)18-9-4-5-15-6-10(9)19(14,16)17/h1-6H,(H2,14,16,17). The number of pyridine rings is 1. The van der Waals surface area contributed by atoms with Crippen LogP contribution in [-0.2, 0) is 10.0 Å². The monoisotopic (exact) mass is 334 g/mol. The molecule has 0 radical (unpaired) electrons. The van der Waals surface area contributed by atoms with E-state index in [4.69, 9.17) is 28.3 Å². The maximum absolute atomic E-state index is 11.5. The number of benzene rings is 1. The van der Waals surface area contributed by atoms with Crippen LogP contribution in [-0.4, -0.2) is 13.4 Å². The fourth-order valence-electron chi connectivity index (χ4n) is 1.36. The SMILES string of the molecule is NS(=O)(=O)c1cnccc1Sc1c(Cl)cccc1Cl. The molecule has 0 saturated heterocycles. The summed E-state index contributed by atoms with van der Waals surface area (Å²) < 4.78 is 22.9. The van der Waals surface area contributed by atoms with E-state index in [0.29, 0.717) is 19.8 Å². The quantitative estimate of drug-likeness (QED) is 0.935. The molecule has 2 rings (SSSR count). The summed E-state index contributed by atoms with van der Waals surface area (Å²) in [4.78, 5) is 4.70. The zero-order valence-corrected chi connectivity index (χ0v) is 12.5. The lowest BCUT2D eigenvalue weighted by Crippen LogP contribution is -2.13. The van der Waals surface area contributed by atoms with E-state index in [-0.39, 0.29) is 4.90 Å². The molecular weight excluding hydrogens is 327 g/mol. The first-order chi connectivity index (χ1) is 8.89. The summed E-state index contributed by atoms with van der Waals surface area (Å²) in [7, 11) is -3.85. The number of nitrogens with two attached hydrogens (primary N) is 1. The molecule has 4 nitrogen and oxygen atoms in total. The molecule has 19 heavy (non-hydrogen) atoms. The van der Waals surface area contributed by atoms with Crippen LogP contribution >= 0.6 is 35.0 Å². The second kappa shape index (κ2) is 5.68. The van der Waals surface area contributed by atoms with Crippen LogP contribution < -0.4 is 5.14 Å². The number of primary sulfonamides is 1. The van der Waals surface area contributed by atoms with Crippen molar-refractivity contribution in [2.45, 2.75) is 14.7 Å². The van der Waals surface area contributed by atoms with Crippen molar-refractivity contribution in [2.24, 2.45) is 5.14 Å². The topological polar surface area (TPSA) is 73.1 Å². The van der Waals surface area contributed by atoms with E-state index in [1.54, 1.807) is 24.3 Å². The van der Waals surface area contributed by atoms with Crippen LogP contribution in [0.25, 0.3) is 0 Å². The van der Waals surface area contributed by atoms with Gasteiger partial charge in [-0.3, -0.25) is 4.98 Å². The Balaban J connectivity index is 2.51. The average molecular weight is 335 g/mol. The van der Waals surface area contributed by atoms with Gasteiger partial charge in [0.15, 0.2) is 0 Å². The lowest BCUT2D eigenvalue weighted by Gasteiger charge is -2.09. The van der Waals surface area contributed by atoms with Gasteiger partial charge in [-0.1, -0.05) is 41.0 Å². The Labute approximate surface area is 125 Å². The van der Waals surface area contributed by atoms with Crippen LogP contribution in [0.4, 0.5) is 0 Å². The fraction of sp³-hybridized carbons (Fsp3) is 0. The third kappa shape index (κ3) is 3.40. The number of sulfonamides is 1. The Morgan fingerprint density at radius 1 is 1.16 bits per heavy atom. The van der Waals surface area contributed by atoms with Gasteiger partial charge in [0.1, 0.15) is 4.90 Å². The maximum atomic E-state index is 11.5. The average Bonchev–Trinajstić information content (AvgIpc) is 2.33. The number of rotatable bonds is 3. The number of hydrogen-bond donors (Lipinski definition) is 1. The Morgan fingerprint density at radius 2 is 1.79 bits per heavy atom. The molecule has 0 saturated carbocycles. The minimum atomic E-state index is -3.85. The number of hydrogen-bond acceptors (Lipinski definition) is 4. The van der Waals surface area contributed by atoms with Gasteiger partial charge in [-0.2, -0.15) is 0 Å². The van der Waals surface area contributed by atoms with Crippen molar-refractivity contribution in [3.63, 3.8) is 0 Å². The second-order valence-corrected chi connectivity index (χ2v) is 6.92. The predicted octanol–water partition coefficient (Wildman–Crippen LogP) is 3.19. The molecule has 1 aromatic carbocycles. The summed E-state index contributed by atoms with van der Waals surface area (Å²) >= 11 is 13.2. The molecular formula is C11H8Cl2N2O2S2. The van der Waals surface area contributed by atoms with E-state index in [2.05, 4.69) is 4.98 Å². The molecule has 0 bridgehead atoms. The highest BCUT2D eigenvalue weighted by atomic mass is 35.5. The predicted molar refractivity (Wildman–Crippen MR) is 76.2 cm³/mol. The van der Waals surface area contributed by atoms with Crippen molar-refractivity contribution < 1.29 is 8.42 Å². The van der Waals surface area contributed by atoms with Crippen molar-refractivity contribution in [3.8, 4) is 0 Å². The normalized spacial score (nSPS) is 11.5. The molecule has 1 heterocycles. The van der Waals surface area contributed by atoms with Crippen LogP contribution in [0.2, 0.25) is 10.0 Å². The van der Waals surface area contributed by atoms with Gasteiger partial charge in [-0.05, 0) is 18.2 Å². The molecule has 0 unspecified atom stereocenters. The molecule has 0 aliphatic heterocycles. The van der Waals surface area contributed by atoms with Gasteiger partial charge < -0.3 is 0 Å². The smallest absolute Gasteiger partial charge is 0.240 e. The molecule has 0 spiro atoms. The van der Waals surface area contributed by atoms with Gasteiger partial charge in [0, 0.05) is 22.2 Å². The highest BCUT2D eigenvalue weighted by Gasteiger charge is 2.17. The van der Waals surface area contributed by atoms with Crippen LogP contribution in [0.1, 0.15) is 0 Å². The van der Waals surface area contributed by atoms with Crippen molar-refractivity contribution >= 4 is 45.0 Å². The van der Waals surface area contributed by atoms with Gasteiger partial charge in [0.2, 0.25) is 10.0 Å². The van der Waals surface area contributed by atoms with E-state index in [0.717, 1.165) is 11.8 Å². The van der Waals surface area contributed by atoms with E-state index in [1.807, 2.05) is 0 Å². The van der Waals surface area contributed by atoms with Crippen LogP contribution in [0.3, 0.4) is 0 Å². The highest BCUT2D eigenvalue weighted by molar-refractivity contribution is 8.00. The molecule has 0 amide bonds. The summed E-state index contributed by atoms with van der Waals surface area (Å²) in [5.41, 5.74) is 0. The summed E-state index contributed by atoms with van der Waals surface area (Å²) in [6, 6.07) is 6.60. The first-order valence-corrected chi connectivity index (χ1v) is 8.10. The minimum absolute atomic E-state index is 0.0593. The van der Waals surface area contributed by atoms with Gasteiger partial charge >= 0.3 is 0 Å². The lowest BCUT2D eigenvalue weighted by molar-refractivity contribution is 0.595. The molecule has 8 heteroatoms. The number of aromatic nitrogens is 1. The highest BCUT2D eigenvalue weighted by Crippen LogP contribution is 2.40. The third-order valence-corrected chi connectivity index (χ3v) is 5.33. The summed E-state index contributed by atoms with van der Waals surface area (Å²) in [5.74, 6) is 0. The van der Waals surface area contributed by atoms with Gasteiger partial charge in [0.25, 0.3) is 0 Å². The van der Waals surface area contributed by atoms with Crippen LogP contribution in [0.5, 0.6) is 0 Å². The summed E-state index contributed by atoms with van der Waals surface area (Å²) in [6.07, 6.45) is 2.67. The molecule has 0 aliphatic carbocycles. The molecule has 0 fully saturated rings. The van der Waals surface area contributed by atoms with E-state index in [1.165, 1.54) is 12.4 Å². The zero-order valence-electron chi connectivity index (χ0n) is 9.38. The van der Waals surface area contributed by atoms with Crippen LogP contribution in [0.15, 0.2) is 51.3 Å². The van der Waals surface area contributed by atoms with Crippen molar-refractivity contribution in [2.75, 3.05) is 0 Å². The largest absolute Gasteiger partial charge is 0.263 e. The summed E-state index contributed by atoms with van der Waals surface area (Å²) in [5, 5.41) is 6.02. The molecule has 100 valence electrons. The second-order valence-electron chi connectivity index (χ2n) is 3.52. The number of halogens is 2. The Kier molecular flexibility index (Phi) is 4.37. The van der Waals surface area contributed by atoms with Gasteiger partial charge in [-0.25, -0.2) is 13.6 Å². The Hall–Kier alpha value is -0.790. The first-order valence-electron chi connectivity index (χ1n) is 4.98. The van der Waals surface area contributed by atoms with E-state index in [9.17, 15) is 8.42 Å². The van der Waals surface area contributed by atoms with Gasteiger partial charge in [-0.15, -0.1) is 0 Å². The van der Waals surface area contributed by atoms with Crippen molar-refractivity contribution in [3.05, 3.63) is 46.7 Å². The maximum Gasteiger partial charge on any atom is 0.240 e. The number of nitrogens with zero attached hydrogens (tertiary/aromatic N) is 1. The zero-order chi connectivity index (χ0) is 14.0. The minimum Gasteiger partial charge on any atom is -0.263 e. The molecule has 0 aliphatic rings. The fourth-order valence-corrected chi connectivity index (χ4v) is 3.85. The Morgan fingerprint density at radius 3 is 2.37 bits per heavy atom. The van der Waals surface area contributed by atoms with E-state index < -0.39 is 10.0 Å². The van der Waals surface area contributed by atoms with Crippen molar-refractivity contribution in [1.82, 2.24) is 4.98 Å². The molecule has 2 aromatic rings. The molecule has 1 aromatic heterocycles. The van der Waals surface area contributed by atoms with Crippen molar-refractivity contribution in [1.29, 1.82) is 0 Å². The molecule has 0 atom stereocenters. The summed E-state index contributed by atoms with van der Waals surface area (Å²) in [6.45, 7) is 0. The Bertz CT molecular complexity index is 700. The third-order valence-electron chi connectivity index (χ3n) is 2.18. The lowest BCUT2D eigenvalue weighted by atomic mass is 10.4. The van der Waals surface area contributed by atoms with Gasteiger partial charge in [0.05, 0.1) is 10.0 Å². The molecule has 2 N–H and O–H groups in total.